The van der Waals surface area contributed by atoms with Crippen LogP contribution in [0.15, 0.2) is 158 Å². The summed E-state index contributed by atoms with van der Waals surface area (Å²) < 4.78 is 0. The van der Waals surface area contributed by atoms with Gasteiger partial charge in [0.25, 0.3) is 0 Å². The molecule has 2 aliphatic carbocycles. The fourth-order valence-electron chi connectivity index (χ4n) is 8.18. The fraction of sp³-hybridized carbons (Fsp3) is 0.0909. The van der Waals surface area contributed by atoms with Crippen molar-refractivity contribution < 1.29 is 0 Å². The maximum absolute atomic E-state index is 5.28. The monoisotopic (exact) mass is 588 g/mol. The fourth-order valence-corrected chi connectivity index (χ4v) is 8.18. The van der Waals surface area contributed by atoms with Crippen LogP contribution in [0.4, 0.5) is 0 Å². The molecule has 9 rings (SSSR count). The van der Waals surface area contributed by atoms with Gasteiger partial charge in [-0.05, 0) is 50.6 Å². The minimum Gasteiger partial charge on any atom is -0.228 e. The van der Waals surface area contributed by atoms with Crippen LogP contribution in [0.3, 0.4) is 0 Å². The van der Waals surface area contributed by atoms with E-state index >= 15 is 0 Å². The minimum absolute atomic E-state index is 0.133. The molecular weight excluding hydrogens is 556 g/mol. The number of aromatic nitrogens is 2. The average molecular weight is 589 g/mol. The minimum atomic E-state index is -0.454. The van der Waals surface area contributed by atoms with Gasteiger partial charge in [-0.25, -0.2) is 9.97 Å². The predicted octanol–water partition coefficient (Wildman–Crippen LogP) is 10.5. The van der Waals surface area contributed by atoms with Crippen LogP contribution in [0.5, 0.6) is 0 Å². The lowest BCUT2D eigenvalue weighted by Gasteiger charge is -2.46. The van der Waals surface area contributed by atoms with E-state index < -0.39 is 5.41 Å². The molecule has 0 unspecified atom stereocenters. The van der Waals surface area contributed by atoms with Crippen molar-refractivity contribution in [1.29, 1.82) is 0 Å². The molecule has 6 aromatic carbocycles. The highest BCUT2D eigenvalue weighted by Gasteiger charge is 2.53. The highest BCUT2D eigenvalue weighted by molar-refractivity contribution is 5.95. The summed E-state index contributed by atoms with van der Waals surface area (Å²) in [4.78, 5) is 10.6. The number of hydrogen-bond donors (Lipinski definition) is 0. The number of fused-ring (bicyclic) bond motifs is 9. The average Bonchev–Trinajstić information content (AvgIpc) is 3.43. The van der Waals surface area contributed by atoms with E-state index in [2.05, 4.69) is 159 Å². The van der Waals surface area contributed by atoms with Gasteiger partial charge in [-0.3, -0.25) is 0 Å². The Hall–Kier alpha value is -5.60. The van der Waals surface area contributed by atoms with Crippen LogP contribution in [0.1, 0.15) is 47.2 Å². The van der Waals surface area contributed by atoms with Crippen molar-refractivity contribution in [3.8, 4) is 45.0 Å². The van der Waals surface area contributed by atoms with Crippen LogP contribution in [0, 0.1) is 0 Å². The molecule has 2 nitrogen and oxygen atoms in total. The van der Waals surface area contributed by atoms with Crippen molar-refractivity contribution in [2.24, 2.45) is 0 Å². The molecule has 218 valence electrons. The molecule has 0 aliphatic heterocycles. The Morgan fingerprint density at radius 2 is 0.826 bits per heavy atom. The normalized spacial score (nSPS) is 14.7. The lowest BCUT2D eigenvalue weighted by molar-refractivity contribution is 0.563. The Bertz CT molecular complexity index is 2170. The summed E-state index contributed by atoms with van der Waals surface area (Å²) in [6, 6.07) is 56.8. The van der Waals surface area contributed by atoms with E-state index in [1.165, 1.54) is 44.5 Å². The van der Waals surface area contributed by atoms with Gasteiger partial charge in [0.1, 0.15) is 0 Å². The molecule has 2 heteroatoms. The smallest absolute Gasteiger partial charge is 0.161 e. The number of nitrogens with zero attached hydrogens (tertiary/aromatic N) is 2. The van der Waals surface area contributed by atoms with Gasteiger partial charge in [-0.2, -0.15) is 0 Å². The van der Waals surface area contributed by atoms with E-state index in [4.69, 9.17) is 9.97 Å². The molecule has 0 radical (unpaired) electrons. The molecule has 0 fully saturated rings. The molecule has 0 bridgehead atoms. The van der Waals surface area contributed by atoms with E-state index in [0.717, 1.165) is 33.9 Å². The lowest BCUT2D eigenvalue weighted by atomic mass is 9.55. The summed E-state index contributed by atoms with van der Waals surface area (Å²) in [7, 11) is 0. The lowest BCUT2D eigenvalue weighted by Crippen LogP contribution is -2.40. The van der Waals surface area contributed by atoms with Crippen LogP contribution in [-0.4, -0.2) is 9.97 Å². The van der Waals surface area contributed by atoms with Gasteiger partial charge < -0.3 is 0 Å². The second kappa shape index (κ2) is 9.95. The standard InChI is InChI=1S/C44H32N2/c1-43(2)34-23-11-13-25-36(34)44(37-26-14-12-24-35(37)43)33-22-10-9-20-31(33)41-32(21-15-27-38(41)44)42-45-39(29-16-5-3-6-17-29)28-40(46-42)30-18-7-4-8-19-30/h3-28H,1-2H3. The first-order chi connectivity index (χ1) is 22.6. The Balaban J connectivity index is 1.38. The molecule has 2 aliphatic rings. The Kier molecular flexibility index (Phi) is 5.79. The highest BCUT2D eigenvalue weighted by atomic mass is 14.9. The van der Waals surface area contributed by atoms with Gasteiger partial charge in [0.05, 0.1) is 16.8 Å². The summed E-state index contributed by atoms with van der Waals surface area (Å²) in [5.74, 6) is 0.738. The van der Waals surface area contributed by atoms with Gasteiger partial charge in [0, 0.05) is 22.1 Å². The first kappa shape index (κ1) is 26.8. The zero-order valence-corrected chi connectivity index (χ0v) is 25.9. The molecule has 7 aromatic rings. The van der Waals surface area contributed by atoms with Crippen molar-refractivity contribution in [2.45, 2.75) is 24.7 Å². The van der Waals surface area contributed by atoms with Crippen molar-refractivity contribution in [2.75, 3.05) is 0 Å². The summed E-state index contributed by atoms with van der Waals surface area (Å²) in [6.45, 7) is 4.73. The van der Waals surface area contributed by atoms with Crippen molar-refractivity contribution in [3.63, 3.8) is 0 Å². The van der Waals surface area contributed by atoms with E-state index in [1.807, 2.05) is 12.1 Å². The van der Waals surface area contributed by atoms with Crippen LogP contribution < -0.4 is 0 Å². The third-order valence-corrected chi connectivity index (χ3v) is 10.2. The number of rotatable bonds is 3. The summed E-state index contributed by atoms with van der Waals surface area (Å²) >= 11 is 0. The second-order valence-corrected chi connectivity index (χ2v) is 12.9. The van der Waals surface area contributed by atoms with Gasteiger partial charge in [-0.15, -0.1) is 0 Å². The Labute approximate surface area is 270 Å². The zero-order valence-electron chi connectivity index (χ0n) is 25.9. The van der Waals surface area contributed by atoms with E-state index in [-0.39, 0.29) is 5.41 Å². The molecule has 1 aromatic heterocycles. The molecule has 0 saturated heterocycles. The van der Waals surface area contributed by atoms with Crippen LogP contribution >= 0.6 is 0 Å². The first-order valence-corrected chi connectivity index (χ1v) is 16.0. The Morgan fingerprint density at radius 1 is 0.391 bits per heavy atom. The number of benzene rings is 6. The summed E-state index contributed by atoms with van der Waals surface area (Å²) in [5, 5.41) is 0. The van der Waals surface area contributed by atoms with Crippen molar-refractivity contribution in [1.82, 2.24) is 9.97 Å². The molecule has 1 spiro atoms. The van der Waals surface area contributed by atoms with Gasteiger partial charge in [0.15, 0.2) is 5.82 Å². The summed E-state index contributed by atoms with van der Waals surface area (Å²) in [5.41, 5.74) is 15.0. The quantitative estimate of drug-likeness (QED) is 0.205. The Morgan fingerprint density at radius 3 is 1.39 bits per heavy atom. The maximum atomic E-state index is 5.28. The third kappa shape index (κ3) is 3.64. The van der Waals surface area contributed by atoms with Crippen LogP contribution in [0.25, 0.3) is 45.0 Å². The van der Waals surface area contributed by atoms with Gasteiger partial charge in [-0.1, -0.05) is 166 Å². The number of hydrogen-bond acceptors (Lipinski definition) is 2. The largest absolute Gasteiger partial charge is 0.228 e. The topological polar surface area (TPSA) is 25.8 Å². The van der Waals surface area contributed by atoms with Crippen LogP contribution in [0.2, 0.25) is 0 Å². The van der Waals surface area contributed by atoms with E-state index in [1.54, 1.807) is 0 Å². The van der Waals surface area contributed by atoms with Crippen LogP contribution in [-0.2, 0) is 10.8 Å². The molecule has 0 N–H and O–H groups in total. The van der Waals surface area contributed by atoms with Crippen molar-refractivity contribution in [3.05, 3.63) is 191 Å². The third-order valence-electron chi connectivity index (χ3n) is 10.2. The predicted molar refractivity (Wildman–Crippen MR) is 188 cm³/mol. The van der Waals surface area contributed by atoms with E-state index in [9.17, 15) is 0 Å². The first-order valence-electron chi connectivity index (χ1n) is 16.0. The maximum Gasteiger partial charge on any atom is 0.161 e. The van der Waals surface area contributed by atoms with E-state index in [0.29, 0.717) is 0 Å². The SMILES string of the molecule is CC1(C)c2ccccc2C2(c3ccccc3-c3c(-c4nc(-c5ccccc5)cc(-c5ccccc5)n4)cccc32)c2ccccc21. The summed E-state index contributed by atoms with van der Waals surface area (Å²) in [6.07, 6.45) is 0. The molecule has 1 heterocycles. The second-order valence-electron chi connectivity index (χ2n) is 12.9. The highest BCUT2D eigenvalue weighted by Crippen LogP contribution is 2.63. The molecule has 0 saturated carbocycles. The molecule has 46 heavy (non-hydrogen) atoms. The molecule has 0 atom stereocenters. The molecular formula is C44H32N2. The van der Waals surface area contributed by atoms with Gasteiger partial charge in [0.2, 0.25) is 0 Å². The zero-order chi connectivity index (χ0) is 30.9. The van der Waals surface area contributed by atoms with Gasteiger partial charge >= 0.3 is 0 Å². The van der Waals surface area contributed by atoms with Crippen molar-refractivity contribution >= 4 is 0 Å². The molecule has 0 amide bonds.